The molecule has 3 nitrogen and oxygen atoms in total. The Morgan fingerprint density at radius 1 is 1.21 bits per heavy atom. The molecule has 0 amide bonds. The molecular formula is C18H19BClFN2O. The minimum atomic E-state index is -0.438. The number of hydrogen-bond acceptors (Lipinski definition) is 3. The second kappa shape index (κ2) is 7.03. The van der Waals surface area contributed by atoms with Crippen LogP contribution >= 0.6 is 11.6 Å². The van der Waals surface area contributed by atoms with Crippen LogP contribution in [-0.2, 0) is 4.74 Å². The molecule has 2 radical (unpaired) electrons. The molecule has 0 atom stereocenters. The van der Waals surface area contributed by atoms with Gasteiger partial charge in [0.1, 0.15) is 5.82 Å². The summed E-state index contributed by atoms with van der Waals surface area (Å²) in [5.41, 5.74) is 3.75. The first-order valence-corrected chi connectivity index (χ1v) is 8.24. The summed E-state index contributed by atoms with van der Waals surface area (Å²) in [5, 5.41) is 6.74. The standard InChI is InChI=1S/C18H19BClFN2O/c1-12-6-13(23-14-2-4-15(20)16(21)7-14)3-5-17(12)22-9-18(8-19)10-24-11-18/h2-7,22-23H,8-11H2,1H3. The summed E-state index contributed by atoms with van der Waals surface area (Å²) < 4.78 is 18.8. The molecule has 2 N–H and O–H groups in total. The number of ether oxygens (including phenoxy) is 1. The highest BCUT2D eigenvalue weighted by atomic mass is 35.5. The Labute approximate surface area is 148 Å². The summed E-state index contributed by atoms with van der Waals surface area (Å²) in [5.74, 6) is -0.438. The molecule has 1 heterocycles. The van der Waals surface area contributed by atoms with Crippen LogP contribution < -0.4 is 10.6 Å². The Morgan fingerprint density at radius 3 is 2.50 bits per heavy atom. The van der Waals surface area contributed by atoms with E-state index in [4.69, 9.17) is 24.2 Å². The molecule has 0 aromatic heterocycles. The van der Waals surface area contributed by atoms with Crippen molar-refractivity contribution >= 4 is 36.5 Å². The molecule has 1 aliphatic heterocycles. The van der Waals surface area contributed by atoms with Gasteiger partial charge in [-0.05, 0) is 48.9 Å². The number of aryl methyl sites for hydroxylation is 1. The number of anilines is 3. The maximum atomic E-state index is 13.5. The van der Waals surface area contributed by atoms with E-state index in [1.54, 1.807) is 6.07 Å². The topological polar surface area (TPSA) is 33.3 Å². The van der Waals surface area contributed by atoms with Crippen molar-refractivity contribution in [3.8, 4) is 0 Å². The smallest absolute Gasteiger partial charge is 0.143 e. The molecule has 6 heteroatoms. The Bertz CT molecular complexity index is 731. The van der Waals surface area contributed by atoms with Gasteiger partial charge in [-0.1, -0.05) is 17.9 Å². The monoisotopic (exact) mass is 344 g/mol. The van der Waals surface area contributed by atoms with Gasteiger partial charge in [-0.3, -0.25) is 0 Å². The SMILES string of the molecule is [B]CC1(CNc2ccc(Nc3ccc(Cl)c(F)c3)cc2C)COC1. The summed E-state index contributed by atoms with van der Waals surface area (Å²) >= 11 is 5.70. The van der Waals surface area contributed by atoms with E-state index in [2.05, 4.69) is 10.6 Å². The van der Waals surface area contributed by atoms with Crippen molar-refractivity contribution < 1.29 is 9.13 Å². The van der Waals surface area contributed by atoms with E-state index in [9.17, 15) is 4.39 Å². The number of hydrogen-bond donors (Lipinski definition) is 2. The van der Waals surface area contributed by atoms with Gasteiger partial charge in [-0.15, -0.1) is 0 Å². The normalized spacial score (nSPS) is 15.6. The Kier molecular flexibility index (Phi) is 5.02. The van der Waals surface area contributed by atoms with Crippen LogP contribution in [-0.4, -0.2) is 27.6 Å². The number of halogens is 2. The molecule has 24 heavy (non-hydrogen) atoms. The zero-order chi connectivity index (χ0) is 17.2. The highest BCUT2D eigenvalue weighted by Crippen LogP contribution is 2.32. The Hall–Kier alpha value is -1.72. The molecule has 1 saturated heterocycles. The Balaban J connectivity index is 1.66. The lowest BCUT2D eigenvalue weighted by molar-refractivity contribution is -0.0918. The van der Waals surface area contributed by atoms with Gasteiger partial charge >= 0.3 is 0 Å². The van der Waals surface area contributed by atoms with E-state index < -0.39 is 5.82 Å². The second-order valence-corrected chi connectivity index (χ2v) is 6.74. The van der Waals surface area contributed by atoms with Crippen molar-refractivity contribution in [1.82, 2.24) is 0 Å². The van der Waals surface area contributed by atoms with Crippen LogP contribution in [0, 0.1) is 18.2 Å². The lowest BCUT2D eigenvalue weighted by atomic mass is 9.74. The molecule has 2 aromatic rings. The van der Waals surface area contributed by atoms with Crippen LogP contribution in [0.3, 0.4) is 0 Å². The molecule has 1 fully saturated rings. The molecule has 2 aromatic carbocycles. The molecular weight excluding hydrogens is 325 g/mol. The van der Waals surface area contributed by atoms with Crippen LogP contribution in [0.15, 0.2) is 36.4 Å². The van der Waals surface area contributed by atoms with Gasteiger partial charge in [0.25, 0.3) is 0 Å². The van der Waals surface area contributed by atoms with E-state index in [0.29, 0.717) is 25.2 Å². The fourth-order valence-corrected chi connectivity index (χ4v) is 2.76. The average Bonchev–Trinajstić information content (AvgIpc) is 2.52. The number of rotatable bonds is 6. The molecule has 3 rings (SSSR count). The van der Waals surface area contributed by atoms with Crippen LogP contribution in [0.1, 0.15) is 5.56 Å². The molecule has 0 aliphatic carbocycles. The zero-order valence-corrected chi connectivity index (χ0v) is 14.3. The molecule has 0 spiro atoms. The summed E-state index contributed by atoms with van der Waals surface area (Å²) in [6.07, 6.45) is 0.612. The van der Waals surface area contributed by atoms with Crippen molar-refractivity contribution in [2.75, 3.05) is 30.4 Å². The fraction of sp³-hybridized carbons (Fsp3) is 0.333. The van der Waals surface area contributed by atoms with E-state index in [0.717, 1.165) is 23.5 Å². The molecule has 1 aliphatic rings. The first-order chi connectivity index (χ1) is 11.5. The molecule has 0 bridgehead atoms. The van der Waals surface area contributed by atoms with Crippen LogP contribution in [0.5, 0.6) is 0 Å². The van der Waals surface area contributed by atoms with Crippen molar-refractivity contribution in [2.24, 2.45) is 5.41 Å². The van der Waals surface area contributed by atoms with Gasteiger partial charge in [0, 0.05) is 29.0 Å². The number of benzene rings is 2. The largest absolute Gasteiger partial charge is 0.384 e. The van der Waals surface area contributed by atoms with Gasteiger partial charge in [0.2, 0.25) is 0 Å². The number of nitrogens with one attached hydrogen (secondary N) is 2. The van der Waals surface area contributed by atoms with Crippen molar-refractivity contribution in [1.29, 1.82) is 0 Å². The predicted octanol–water partition coefficient (Wildman–Crippen LogP) is 4.55. The highest BCUT2D eigenvalue weighted by Gasteiger charge is 2.36. The third-order valence-electron chi connectivity index (χ3n) is 4.34. The quantitative estimate of drug-likeness (QED) is 0.754. The van der Waals surface area contributed by atoms with E-state index >= 15 is 0 Å². The van der Waals surface area contributed by atoms with Gasteiger partial charge in [0.15, 0.2) is 0 Å². The Morgan fingerprint density at radius 2 is 1.92 bits per heavy atom. The highest BCUT2D eigenvalue weighted by molar-refractivity contribution is 6.30. The van der Waals surface area contributed by atoms with Crippen LogP contribution in [0.25, 0.3) is 0 Å². The summed E-state index contributed by atoms with van der Waals surface area (Å²) in [7, 11) is 5.83. The predicted molar refractivity (Wildman–Crippen MR) is 98.2 cm³/mol. The van der Waals surface area contributed by atoms with Crippen LogP contribution in [0.2, 0.25) is 11.3 Å². The van der Waals surface area contributed by atoms with Gasteiger partial charge < -0.3 is 15.4 Å². The molecule has 0 unspecified atom stereocenters. The molecule has 0 saturated carbocycles. The van der Waals surface area contributed by atoms with E-state index in [-0.39, 0.29) is 10.4 Å². The van der Waals surface area contributed by atoms with Crippen molar-refractivity contribution in [2.45, 2.75) is 13.2 Å². The molecule has 124 valence electrons. The zero-order valence-electron chi connectivity index (χ0n) is 13.5. The summed E-state index contributed by atoms with van der Waals surface area (Å²) in [4.78, 5) is 0. The fourth-order valence-electron chi connectivity index (χ4n) is 2.65. The van der Waals surface area contributed by atoms with Gasteiger partial charge in [-0.25, -0.2) is 4.39 Å². The minimum Gasteiger partial charge on any atom is -0.384 e. The van der Waals surface area contributed by atoms with Gasteiger partial charge in [-0.2, -0.15) is 0 Å². The second-order valence-electron chi connectivity index (χ2n) is 6.33. The first-order valence-electron chi connectivity index (χ1n) is 7.86. The lowest BCUT2D eigenvalue weighted by Gasteiger charge is -2.41. The van der Waals surface area contributed by atoms with Crippen molar-refractivity contribution in [3.63, 3.8) is 0 Å². The summed E-state index contributed by atoms with van der Waals surface area (Å²) in [6.45, 7) is 4.23. The average molecular weight is 345 g/mol. The first kappa shape index (κ1) is 17.1. The minimum absolute atomic E-state index is 0.0458. The van der Waals surface area contributed by atoms with Gasteiger partial charge in [0.05, 0.1) is 26.1 Å². The lowest BCUT2D eigenvalue weighted by Crippen LogP contribution is -2.47. The maximum absolute atomic E-state index is 13.5. The van der Waals surface area contributed by atoms with Crippen LogP contribution in [0.4, 0.5) is 21.5 Å². The van der Waals surface area contributed by atoms with E-state index in [1.807, 2.05) is 25.1 Å². The summed E-state index contributed by atoms with van der Waals surface area (Å²) in [6, 6.07) is 10.6. The third-order valence-corrected chi connectivity index (χ3v) is 4.64. The van der Waals surface area contributed by atoms with E-state index in [1.165, 1.54) is 12.1 Å². The third kappa shape index (κ3) is 3.68. The maximum Gasteiger partial charge on any atom is 0.143 e. The van der Waals surface area contributed by atoms with Crippen molar-refractivity contribution in [3.05, 3.63) is 52.8 Å².